The Labute approximate surface area is 155 Å². The third-order valence-electron chi connectivity index (χ3n) is 4.81. The fourth-order valence-corrected chi connectivity index (χ4v) is 3.34. The maximum atomic E-state index is 11.9. The molecule has 1 N–H and O–H groups in total. The molecule has 0 bridgehead atoms. The Balaban J connectivity index is 1.26. The van der Waals surface area contributed by atoms with Crippen molar-refractivity contribution in [2.24, 2.45) is 0 Å². The van der Waals surface area contributed by atoms with Crippen LogP contribution < -0.4 is 10.1 Å². The summed E-state index contributed by atoms with van der Waals surface area (Å²) in [7, 11) is 1.72. The largest absolute Gasteiger partial charge is 0.497 e. The van der Waals surface area contributed by atoms with E-state index in [1.807, 2.05) is 6.07 Å². The molecule has 1 aliphatic rings. The summed E-state index contributed by atoms with van der Waals surface area (Å²) in [5.74, 6) is 0.905. The molecule has 1 aliphatic heterocycles. The highest BCUT2D eigenvalue weighted by molar-refractivity contribution is 5.93. The molecule has 0 saturated heterocycles. The van der Waals surface area contributed by atoms with Crippen LogP contribution in [0, 0.1) is 0 Å². The van der Waals surface area contributed by atoms with Crippen LogP contribution in [0.15, 0.2) is 42.7 Å². The van der Waals surface area contributed by atoms with Crippen molar-refractivity contribution in [2.45, 2.75) is 38.8 Å². The second-order valence-corrected chi connectivity index (χ2v) is 6.76. The molecule has 138 valence electrons. The van der Waals surface area contributed by atoms with E-state index in [1.165, 1.54) is 24.0 Å². The normalized spacial score (nSPS) is 13.4. The number of fused-ring (bicyclic) bond motifs is 1. The molecular formula is C21H27N3O2. The van der Waals surface area contributed by atoms with Crippen LogP contribution in [0.4, 0.5) is 0 Å². The molecule has 1 amide bonds. The maximum absolute atomic E-state index is 11.9. The van der Waals surface area contributed by atoms with Crippen LogP contribution in [0.5, 0.6) is 5.75 Å². The number of amides is 1. The minimum Gasteiger partial charge on any atom is -0.497 e. The summed E-state index contributed by atoms with van der Waals surface area (Å²) in [6.45, 7) is 3.91. The monoisotopic (exact) mass is 353 g/mol. The van der Waals surface area contributed by atoms with Gasteiger partial charge in [-0.25, -0.2) is 0 Å². The summed E-state index contributed by atoms with van der Waals surface area (Å²) in [5, 5.41) is 2.95. The van der Waals surface area contributed by atoms with Gasteiger partial charge in [0.2, 0.25) is 0 Å². The van der Waals surface area contributed by atoms with Gasteiger partial charge < -0.3 is 10.1 Å². The molecule has 0 saturated carbocycles. The second-order valence-electron chi connectivity index (χ2n) is 6.76. The summed E-state index contributed by atoms with van der Waals surface area (Å²) < 4.78 is 5.30. The van der Waals surface area contributed by atoms with Crippen molar-refractivity contribution in [3.05, 3.63) is 59.4 Å². The van der Waals surface area contributed by atoms with Crippen molar-refractivity contribution in [2.75, 3.05) is 20.2 Å². The zero-order valence-electron chi connectivity index (χ0n) is 15.4. The number of rotatable bonds is 9. The molecule has 0 radical (unpaired) electrons. The molecule has 26 heavy (non-hydrogen) atoms. The fraction of sp³-hybridized carbons (Fsp3) is 0.429. The van der Waals surface area contributed by atoms with Crippen LogP contribution in [0.3, 0.4) is 0 Å². The van der Waals surface area contributed by atoms with Crippen molar-refractivity contribution >= 4 is 5.91 Å². The number of benzene rings is 1. The Bertz CT molecular complexity index is 718. The average molecular weight is 353 g/mol. The van der Waals surface area contributed by atoms with Gasteiger partial charge in [0.25, 0.3) is 5.91 Å². The summed E-state index contributed by atoms with van der Waals surface area (Å²) >= 11 is 0. The Morgan fingerprint density at radius 2 is 2.00 bits per heavy atom. The van der Waals surface area contributed by atoms with Gasteiger partial charge in [0.1, 0.15) is 5.75 Å². The van der Waals surface area contributed by atoms with Crippen molar-refractivity contribution in [1.82, 2.24) is 15.2 Å². The molecule has 0 spiro atoms. The van der Waals surface area contributed by atoms with E-state index in [0.717, 1.165) is 44.8 Å². The van der Waals surface area contributed by atoms with E-state index in [2.05, 4.69) is 27.3 Å². The standard InChI is InChI=1S/C21H27N3O2/c1-26-20-9-8-18-15-24(16-19(18)13-20)12-5-3-2-4-11-23-21(25)17-7-6-10-22-14-17/h6-10,13-14H,2-5,11-12,15-16H2,1H3,(H,23,25). The average Bonchev–Trinajstić information content (AvgIpc) is 3.09. The SMILES string of the molecule is COc1ccc2c(c1)CN(CCCCCCNC(=O)c1cccnc1)C2. The number of carbonyl (C=O) groups is 1. The predicted octanol–water partition coefficient (Wildman–Crippen LogP) is 3.40. The molecule has 0 fully saturated rings. The van der Waals surface area contributed by atoms with Gasteiger partial charge in [0.05, 0.1) is 12.7 Å². The first kappa shape index (κ1) is 18.4. The number of unbranched alkanes of at least 4 members (excludes halogenated alkanes) is 3. The first-order valence-electron chi connectivity index (χ1n) is 9.32. The Morgan fingerprint density at radius 3 is 2.81 bits per heavy atom. The molecule has 2 aromatic rings. The van der Waals surface area contributed by atoms with Crippen LogP contribution in [0.1, 0.15) is 47.2 Å². The Hall–Kier alpha value is -2.40. The van der Waals surface area contributed by atoms with E-state index in [0.29, 0.717) is 5.56 Å². The van der Waals surface area contributed by atoms with E-state index in [1.54, 1.807) is 31.6 Å². The first-order valence-corrected chi connectivity index (χ1v) is 9.32. The minimum absolute atomic E-state index is 0.0386. The fourth-order valence-electron chi connectivity index (χ4n) is 3.34. The van der Waals surface area contributed by atoms with Gasteiger partial charge in [0, 0.05) is 32.0 Å². The van der Waals surface area contributed by atoms with Gasteiger partial charge in [-0.3, -0.25) is 14.7 Å². The van der Waals surface area contributed by atoms with E-state index < -0.39 is 0 Å². The zero-order valence-corrected chi connectivity index (χ0v) is 15.4. The smallest absolute Gasteiger partial charge is 0.252 e. The van der Waals surface area contributed by atoms with Crippen LogP contribution in [-0.4, -0.2) is 36.0 Å². The van der Waals surface area contributed by atoms with E-state index in [9.17, 15) is 4.79 Å². The second kappa shape index (κ2) is 9.34. The van der Waals surface area contributed by atoms with Gasteiger partial charge in [-0.1, -0.05) is 18.9 Å². The number of hydrogen-bond donors (Lipinski definition) is 1. The first-order chi connectivity index (χ1) is 12.8. The lowest BCUT2D eigenvalue weighted by molar-refractivity contribution is 0.0952. The molecule has 5 heteroatoms. The number of methoxy groups -OCH3 is 1. The van der Waals surface area contributed by atoms with Crippen molar-refractivity contribution in [1.29, 1.82) is 0 Å². The van der Waals surface area contributed by atoms with E-state index in [4.69, 9.17) is 4.74 Å². The van der Waals surface area contributed by atoms with Crippen molar-refractivity contribution in [3.8, 4) is 5.75 Å². The molecule has 0 unspecified atom stereocenters. The van der Waals surface area contributed by atoms with Gasteiger partial charge in [-0.05, 0) is 54.8 Å². The number of carbonyl (C=O) groups excluding carboxylic acids is 1. The molecule has 1 aromatic carbocycles. The third-order valence-corrected chi connectivity index (χ3v) is 4.81. The number of hydrogen-bond acceptors (Lipinski definition) is 4. The summed E-state index contributed by atoms with van der Waals surface area (Å²) in [6, 6.07) is 9.94. The van der Waals surface area contributed by atoms with Crippen molar-refractivity contribution in [3.63, 3.8) is 0 Å². The predicted molar refractivity (Wildman–Crippen MR) is 102 cm³/mol. The quantitative estimate of drug-likeness (QED) is 0.702. The highest BCUT2D eigenvalue weighted by Crippen LogP contribution is 2.26. The van der Waals surface area contributed by atoms with Crippen LogP contribution >= 0.6 is 0 Å². The molecule has 1 aromatic heterocycles. The highest BCUT2D eigenvalue weighted by atomic mass is 16.5. The van der Waals surface area contributed by atoms with Crippen molar-refractivity contribution < 1.29 is 9.53 Å². The number of pyridine rings is 1. The summed E-state index contributed by atoms with van der Waals surface area (Å²) in [4.78, 5) is 18.4. The van der Waals surface area contributed by atoms with Gasteiger partial charge >= 0.3 is 0 Å². The van der Waals surface area contributed by atoms with Crippen LogP contribution in [0.2, 0.25) is 0 Å². The van der Waals surface area contributed by atoms with E-state index in [-0.39, 0.29) is 5.91 Å². The number of aromatic nitrogens is 1. The summed E-state index contributed by atoms with van der Waals surface area (Å²) in [5.41, 5.74) is 3.43. The molecule has 5 nitrogen and oxygen atoms in total. The van der Waals surface area contributed by atoms with Crippen LogP contribution in [0.25, 0.3) is 0 Å². The topological polar surface area (TPSA) is 54.5 Å². The minimum atomic E-state index is -0.0386. The highest BCUT2D eigenvalue weighted by Gasteiger charge is 2.18. The van der Waals surface area contributed by atoms with Gasteiger partial charge in [-0.2, -0.15) is 0 Å². The molecular weight excluding hydrogens is 326 g/mol. The van der Waals surface area contributed by atoms with Gasteiger partial charge in [-0.15, -0.1) is 0 Å². The molecule has 3 rings (SSSR count). The lowest BCUT2D eigenvalue weighted by Gasteiger charge is -2.14. The van der Waals surface area contributed by atoms with Crippen LogP contribution in [-0.2, 0) is 13.1 Å². The number of nitrogens with zero attached hydrogens (tertiary/aromatic N) is 2. The Morgan fingerprint density at radius 1 is 1.15 bits per heavy atom. The molecule has 0 atom stereocenters. The lowest BCUT2D eigenvalue weighted by atomic mass is 10.1. The maximum Gasteiger partial charge on any atom is 0.252 e. The molecule has 2 heterocycles. The summed E-state index contributed by atoms with van der Waals surface area (Å²) in [6.07, 6.45) is 7.82. The number of nitrogens with one attached hydrogen (secondary N) is 1. The number of ether oxygens (including phenoxy) is 1. The lowest BCUT2D eigenvalue weighted by Crippen LogP contribution is -2.24. The molecule has 0 aliphatic carbocycles. The van der Waals surface area contributed by atoms with Gasteiger partial charge in [0.15, 0.2) is 0 Å². The zero-order chi connectivity index (χ0) is 18.2. The third kappa shape index (κ3) is 5.05. The van der Waals surface area contributed by atoms with E-state index >= 15 is 0 Å². The Kier molecular flexibility index (Phi) is 6.61.